The lowest BCUT2D eigenvalue weighted by Crippen LogP contribution is -2.25. The first kappa shape index (κ1) is 15.0. The van der Waals surface area contributed by atoms with Gasteiger partial charge in [0.05, 0.1) is 18.8 Å². The summed E-state index contributed by atoms with van der Waals surface area (Å²) in [4.78, 5) is 0. The maximum absolute atomic E-state index is 9.63. The van der Waals surface area contributed by atoms with Crippen LogP contribution >= 0.6 is 0 Å². The molecule has 0 aromatic carbocycles. The highest BCUT2D eigenvalue weighted by atomic mass is 16.3. The Morgan fingerprint density at radius 3 is 2.56 bits per heavy atom. The average Bonchev–Trinajstić information content (AvgIpc) is 2.83. The van der Waals surface area contributed by atoms with Crippen LogP contribution in [0.5, 0.6) is 0 Å². The van der Waals surface area contributed by atoms with Gasteiger partial charge in [0.2, 0.25) is 0 Å². The van der Waals surface area contributed by atoms with Crippen LogP contribution in [0.15, 0.2) is 28.7 Å². The molecule has 0 unspecified atom stereocenters. The third-order valence-electron chi connectivity index (χ3n) is 2.86. The minimum Gasteiger partial charge on any atom is -0.466 e. The Balaban J connectivity index is 2.37. The minimum absolute atomic E-state index is 0.0364. The first-order chi connectivity index (χ1) is 8.67. The molecule has 1 aromatic rings. The van der Waals surface area contributed by atoms with Crippen LogP contribution < -0.4 is 0 Å². The van der Waals surface area contributed by atoms with E-state index in [2.05, 4.69) is 0 Å². The van der Waals surface area contributed by atoms with Gasteiger partial charge >= 0.3 is 0 Å². The lowest BCUT2D eigenvalue weighted by atomic mass is 10.1. The number of furan rings is 1. The fourth-order valence-corrected chi connectivity index (χ4v) is 1.70. The highest BCUT2D eigenvalue weighted by Crippen LogP contribution is 2.13. The van der Waals surface area contributed by atoms with Crippen LogP contribution in [0.1, 0.15) is 31.3 Å². The molecule has 0 aliphatic heterocycles. The van der Waals surface area contributed by atoms with Crippen LogP contribution in [0.4, 0.5) is 0 Å². The number of hydrogen-bond donors (Lipinski definition) is 3. The number of allylic oxidation sites excluding steroid dienone is 1. The Bertz CT molecular complexity index is 356. The molecule has 0 amide bonds. The summed E-state index contributed by atoms with van der Waals surface area (Å²) in [5, 5.41) is 27.7. The van der Waals surface area contributed by atoms with Crippen molar-refractivity contribution < 1.29 is 19.7 Å². The molecule has 1 rings (SSSR count). The molecule has 4 nitrogen and oxygen atoms in total. The van der Waals surface area contributed by atoms with Gasteiger partial charge in [-0.05, 0) is 25.0 Å². The number of aryl methyl sites for hydroxylation is 1. The molecule has 2 atom stereocenters. The second-order valence-corrected chi connectivity index (χ2v) is 4.31. The molecule has 0 spiro atoms. The SMILES string of the molecule is CC[C@@H](O)[C@H](O)CCc1ccc(C/C=C/CO)o1. The molecule has 1 heterocycles. The quantitative estimate of drug-likeness (QED) is 0.614. The lowest BCUT2D eigenvalue weighted by molar-refractivity contribution is 0.0123. The van der Waals surface area contributed by atoms with E-state index in [4.69, 9.17) is 9.52 Å². The predicted molar refractivity (Wildman–Crippen MR) is 69.3 cm³/mol. The van der Waals surface area contributed by atoms with Crippen LogP contribution in [-0.2, 0) is 12.8 Å². The summed E-state index contributed by atoms with van der Waals surface area (Å²) in [7, 11) is 0. The van der Waals surface area contributed by atoms with E-state index in [1.54, 1.807) is 6.08 Å². The van der Waals surface area contributed by atoms with Crippen LogP contribution in [0.25, 0.3) is 0 Å². The molecule has 3 N–H and O–H groups in total. The topological polar surface area (TPSA) is 73.8 Å². The number of aliphatic hydroxyl groups excluding tert-OH is 3. The van der Waals surface area contributed by atoms with Gasteiger partial charge < -0.3 is 19.7 Å². The molecule has 1 aromatic heterocycles. The minimum atomic E-state index is -0.696. The summed E-state index contributed by atoms with van der Waals surface area (Å²) in [6.07, 6.45) is 4.47. The molecule has 4 heteroatoms. The predicted octanol–water partition coefficient (Wildman–Crippen LogP) is 1.43. The molecular weight excluding hydrogens is 232 g/mol. The van der Waals surface area contributed by atoms with Gasteiger partial charge in [-0.15, -0.1) is 0 Å². The molecule has 0 bridgehead atoms. The van der Waals surface area contributed by atoms with Crippen LogP contribution in [-0.4, -0.2) is 34.1 Å². The Morgan fingerprint density at radius 1 is 1.17 bits per heavy atom. The standard InChI is InChI=1S/C14H22O4/c1-2-13(16)14(17)9-8-12-7-6-11(18-12)5-3-4-10-15/h3-4,6-7,13-17H,2,5,8-10H2,1H3/b4-3+/t13-,14-/m1/s1. The summed E-state index contributed by atoms with van der Waals surface area (Å²) in [5.74, 6) is 1.64. The van der Waals surface area contributed by atoms with E-state index in [1.807, 2.05) is 25.1 Å². The van der Waals surface area contributed by atoms with Gasteiger partial charge in [0.15, 0.2) is 0 Å². The Kier molecular flexibility index (Phi) is 6.72. The fraction of sp³-hybridized carbons (Fsp3) is 0.571. The highest BCUT2D eigenvalue weighted by molar-refractivity contribution is 5.10. The normalized spacial score (nSPS) is 15.1. The number of rotatable bonds is 8. The van der Waals surface area contributed by atoms with Gasteiger partial charge in [-0.25, -0.2) is 0 Å². The van der Waals surface area contributed by atoms with Gasteiger partial charge in [0, 0.05) is 12.8 Å². The van der Waals surface area contributed by atoms with E-state index < -0.39 is 12.2 Å². The van der Waals surface area contributed by atoms with Crippen LogP contribution in [0.3, 0.4) is 0 Å². The Morgan fingerprint density at radius 2 is 1.89 bits per heavy atom. The van der Waals surface area contributed by atoms with E-state index in [1.165, 1.54) is 0 Å². The van der Waals surface area contributed by atoms with Crippen molar-refractivity contribution in [1.29, 1.82) is 0 Å². The Hall–Kier alpha value is -1.10. The zero-order valence-electron chi connectivity index (χ0n) is 10.7. The fourth-order valence-electron chi connectivity index (χ4n) is 1.70. The zero-order chi connectivity index (χ0) is 13.4. The molecular formula is C14H22O4. The van der Waals surface area contributed by atoms with Crippen molar-refractivity contribution in [2.24, 2.45) is 0 Å². The summed E-state index contributed by atoms with van der Waals surface area (Å²) in [5.41, 5.74) is 0. The molecule has 0 fully saturated rings. The van der Waals surface area contributed by atoms with E-state index in [9.17, 15) is 10.2 Å². The van der Waals surface area contributed by atoms with Gasteiger partial charge in [-0.1, -0.05) is 19.1 Å². The second-order valence-electron chi connectivity index (χ2n) is 4.31. The first-order valence-electron chi connectivity index (χ1n) is 6.37. The molecule has 0 saturated heterocycles. The van der Waals surface area contributed by atoms with Crippen molar-refractivity contribution in [1.82, 2.24) is 0 Å². The van der Waals surface area contributed by atoms with E-state index in [-0.39, 0.29) is 6.61 Å². The monoisotopic (exact) mass is 254 g/mol. The summed E-state index contributed by atoms with van der Waals surface area (Å²) >= 11 is 0. The summed E-state index contributed by atoms with van der Waals surface area (Å²) in [6.45, 7) is 1.88. The van der Waals surface area contributed by atoms with Crippen molar-refractivity contribution in [3.05, 3.63) is 35.8 Å². The zero-order valence-corrected chi connectivity index (χ0v) is 10.7. The van der Waals surface area contributed by atoms with Gasteiger partial charge in [-0.2, -0.15) is 0 Å². The molecule has 102 valence electrons. The number of hydrogen-bond acceptors (Lipinski definition) is 4. The lowest BCUT2D eigenvalue weighted by Gasteiger charge is -2.14. The summed E-state index contributed by atoms with van der Waals surface area (Å²) < 4.78 is 5.57. The van der Waals surface area contributed by atoms with Crippen LogP contribution in [0.2, 0.25) is 0 Å². The Labute approximate surface area is 108 Å². The average molecular weight is 254 g/mol. The second kappa shape index (κ2) is 8.08. The van der Waals surface area contributed by atoms with E-state index in [0.29, 0.717) is 25.7 Å². The van der Waals surface area contributed by atoms with Crippen molar-refractivity contribution in [3.63, 3.8) is 0 Å². The van der Waals surface area contributed by atoms with Gasteiger partial charge in [-0.3, -0.25) is 0 Å². The van der Waals surface area contributed by atoms with Crippen LogP contribution in [0, 0.1) is 0 Å². The first-order valence-corrected chi connectivity index (χ1v) is 6.37. The van der Waals surface area contributed by atoms with Crippen molar-refractivity contribution in [3.8, 4) is 0 Å². The largest absolute Gasteiger partial charge is 0.466 e. The molecule has 0 aliphatic rings. The molecule has 0 saturated carbocycles. The van der Waals surface area contributed by atoms with Gasteiger partial charge in [0.25, 0.3) is 0 Å². The highest BCUT2D eigenvalue weighted by Gasteiger charge is 2.14. The maximum atomic E-state index is 9.63. The third-order valence-corrected chi connectivity index (χ3v) is 2.86. The third kappa shape index (κ3) is 5.04. The molecule has 18 heavy (non-hydrogen) atoms. The van der Waals surface area contributed by atoms with Crippen molar-refractivity contribution >= 4 is 0 Å². The van der Waals surface area contributed by atoms with E-state index >= 15 is 0 Å². The number of aliphatic hydroxyl groups is 3. The van der Waals surface area contributed by atoms with Gasteiger partial charge in [0.1, 0.15) is 11.5 Å². The van der Waals surface area contributed by atoms with Crippen molar-refractivity contribution in [2.45, 2.75) is 44.8 Å². The smallest absolute Gasteiger partial charge is 0.107 e. The maximum Gasteiger partial charge on any atom is 0.107 e. The van der Waals surface area contributed by atoms with E-state index in [0.717, 1.165) is 11.5 Å². The van der Waals surface area contributed by atoms with Crippen molar-refractivity contribution in [2.75, 3.05) is 6.61 Å². The summed E-state index contributed by atoms with van der Waals surface area (Å²) in [6, 6.07) is 3.77. The molecule has 0 aliphatic carbocycles. The molecule has 0 radical (unpaired) electrons.